The molecule has 1 saturated carbocycles. The van der Waals surface area contributed by atoms with E-state index in [1.807, 2.05) is 0 Å². The Labute approximate surface area is 138 Å². The van der Waals surface area contributed by atoms with E-state index in [4.69, 9.17) is 0 Å². The second kappa shape index (κ2) is 6.27. The monoisotopic (exact) mass is 335 g/mol. The van der Waals surface area contributed by atoms with Crippen LogP contribution in [0.25, 0.3) is 0 Å². The van der Waals surface area contributed by atoms with Gasteiger partial charge in [-0.25, -0.2) is 8.42 Å². The zero-order valence-corrected chi connectivity index (χ0v) is 14.7. The first-order valence-corrected chi connectivity index (χ1v) is 10.2. The molecule has 2 fully saturated rings. The number of sulfone groups is 1. The molecule has 1 saturated heterocycles. The van der Waals surface area contributed by atoms with Crippen LogP contribution in [0.4, 0.5) is 0 Å². The highest BCUT2D eigenvalue weighted by Gasteiger charge is 2.35. The van der Waals surface area contributed by atoms with Crippen LogP contribution >= 0.6 is 0 Å². The average Bonchev–Trinajstić information content (AvgIpc) is 3.25. The van der Waals surface area contributed by atoms with Gasteiger partial charge in [0.05, 0.1) is 11.5 Å². The molecule has 0 aromatic heterocycles. The molecule has 126 valence electrons. The third kappa shape index (κ3) is 4.14. The Bertz CT molecular complexity index is 707. The summed E-state index contributed by atoms with van der Waals surface area (Å²) in [5.74, 6) is 1.13. The van der Waals surface area contributed by atoms with E-state index in [0.717, 1.165) is 0 Å². The summed E-state index contributed by atoms with van der Waals surface area (Å²) in [5.41, 5.74) is 3.77. The van der Waals surface area contributed by atoms with E-state index in [-0.39, 0.29) is 29.4 Å². The third-order valence-corrected chi connectivity index (χ3v) is 6.92. The van der Waals surface area contributed by atoms with E-state index in [2.05, 4.69) is 37.4 Å². The molecule has 23 heavy (non-hydrogen) atoms. The van der Waals surface area contributed by atoms with E-state index in [1.54, 1.807) is 0 Å². The molecule has 1 N–H and O–H groups in total. The fourth-order valence-corrected chi connectivity index (χ4v) is 5.12. The third-order valence-electron chi connectivity index (χ3n) is 5.15. The molecule has 0 bridgehead atoms. The quantitative estimate of drug-likeness (QED) is 0.899. The Balaban J connectivity index is 1.65. The van der Waals surface area contributed by atoms with Crippen LogP contribution in [0.2, 0.25) is 0 Å². The van der Waals surface area contributed by atoms with Crippen molar-refractivity contribution < 1.29 is 13.2 Å². The molecule has 1 aliphatic heterocycles. The second-order valence-electron chi connectivity index (χ2n) is 7.16. The van der Waals surface area contributed by atoms with E-state index in [0.29, 0.717) is 18.8 Å². The number of amides is 1. The van der Waals surface area contributed by atoms with Gasteiger partial charge in [0, 0.05) is 12.5 Å². The minimum atomic E-state index is -2.95. The van der Waals surface area contributed by atoms with Gasteiger partial charge in [-0.2, -0.15) is 0 Å². The van der Waals surface area contributed by atoms with Crippen LogP contribution in [0.1, 0.15) is 48.3 Å². The zero-order chi connectivity index (χ0) is 16.6. The molecule has 1 heterocycles. The van der Waals surface area contributed by atoms with E-state index in [9.17, 15) is 13.2 Å². The lowest BCUT2D eigenvalue weighted by molar-refractivity contribution is -0.122. The van der Waals surface area contributed by atoms with E-state index < -0.39 is 9.84 Å². The normalized spacial score (nSPS) is 24.3. The fraction of sp³-hybridized carbons (Fsp3) is 0.611. The molecule has 1 amide bonds. The molecular weight excluding hydrogens is 310 g/mol. The number of rotatable bonds is 5. The fourth-order valence-electron chi connectivity index (χ4n) is 3.45. The molecule has 2 atom stereocenters. The number of hydrogen-bond donors (Lipinski definition) is 1. The highest BCUT2D eigenvalue weighted by atomic mass is 32.2. The van der Waals surface area contributed by atoms with Gasteiger partial charge in [0.1, 0.15) is 0 Å². The number of benzene rings is 1. The summed E-state index contributed by atoms with van der Waals surface area (Å²) in [6.07, 6.45) is 3.38. The Kier molecular flexibility index (Phi) is 4.50. The van der Waals surface area contributed by atoms with Gasteiger partial charge >= 0.3 is 0 Å². The Morgan fingerprint density at radius 1 is 1.22 bits per heavy atom. The van der Waals surface area contributed by atoms with Gasteiger partial charge in [0.25, 0.3) is 0 Å². The van der Waals surface area contributed by atoms with Crippen molar-refractivity contribution in [3.8, 4) is 0 Å². The lowest BCUT2D eigenvalue weighted by Crippen LogP contribution is -2.36. The SMILES string of the molecule is Cc1ccc(C(CC(=O)NC2CCS(=O)(=O)C2)C2CC2)cc1C. The molecule has 3 rings (SSSR count). The first kappa shape index (κ1) is 16.5. The highest BCUT2D eigenvalue weighted by Crippen LogP contribution is 2.44. The van der Waals surface area contributed by atoms with Crippen LogP contribution in [0, 0.1) is 19.8 Å². The van der Waals surface area contributed by atoms with Crippen LogP contribution in [0.15, 0.2) is 18.2 Å². The first-order chi connectivity index (χ1) is 10.8. The maximum atomic E-state index is 12.4. The van der Waals surface area contributed by atoms with Crippen molar-refractivity contribution in [3.63, 3.8) is 0 Å². The molecule has 1 aliphatic carbocycles. The predicted molar refractivity (Wildman–Crippen MR) is 91.2 cm³/mol. The number of nitrogens with one attached hydrogen (secondary N) is 1. The van der Waals surface area contributed by atoms with Crippen LogP contribution in [-0.2, 0) is 14.6 Å². The standard InChI is InChI=1S/C18H25NO3S/c1-12-3-4-15(9-13(12)2)17(14-5-6-14)10-18(20)19-16-7-8-23(21,22)11-16/h3-4,9,14,16-17H,5-8,10-11H2,1-2H3,(H,19,20). The summed E-state index contributed by atoms with van der Waals surface area (Å²) in [5, 5.41) is 2.93. The molecule has 5 heteroatoms. The van der Waals surface area contributed by atoms with E-state index in [1.165, 1.54) is 29.5 Å². The van der Waals surface area contributed by atoms with Crippen molar-refractivity contribution in [3.05, 3.63) is 34.9 Å². The summed E-state index contributed by atoms with van der Waals surface area (Å²) in [6, 6.07) is 6.26. The van der Waals surface area contributed by atoms with Crippen molar-refractivity contribution in [1.29, 1.82) is 0 Å². The van der Waals surface area contributed by atoms with Crippen molar-refractivity contribution in [2.75, 3.05) is 11.5 Å². The molecule has 1 aromatic rings. The minimum absolute atomic E-state index is 0.0118. The second-order valence-corrected chi connectivity index (χ2v) is 9.39. The van der Waals surface area contributed by atoms with Gasteiger partial charge in [0.15, 0.2) is 9.84 Å². The van der Waals surface area contributed by atoms with Crippen molar-refractivity contribution in [2.24, 2.45) is 5.92 Å². The molecule has 2 aliphatic rings. The van der Waals surface area contributed by atoms with Gasteiger partial charge in [-0.05, 0) is 61.6 Å². The van der Waals surface area contributed by atoms with Crippen molar-refractivity contribution in [1.82, 2.24) is 5.32 Å². The number of aryl methyl sites for hydroxylation is 2. The van der Waals surface area contributed by atoms with Gasteiger partial charge in [-0.1, -0.05) is 18.2 Å². The topological polar surface area (TPSA) is 63.2 Å². The van der Waals surface area contributed by atoms with Crippen LogP contribution in [0.5, 0.6) is 0 Å². The predicted octanol–water partition coefficient (Wildman–Crippen LogP) is 2.49. The van der Waals surface area contributed by atoms with Crippen LogP contribution < -0.4 is 5.32 Å². The number of hydrogen-bond acceptors (Lipinski definition) is 3. The summed E-state index contributed by atoms with van der Waals surface area (Å²) < 4.78 is 23.0. The molecule has 0 radical (unpaired) electrons. The minimum Gasteiger partial charge on any atom is -0.352 e. The maximum absolute atomic E-state index is 12.4. The molecule has 0 spiro atoms. The summed E-state index contributed by atoms with van der Waals surface area (Å²) in [7, 11) is -2.95. The lowest BCUT2D eigenvalue weighted by Gasteiger charge is -2.19. The lowest BCUT2D eigenvalue weighted by atomic mass is 9.88. The van der Waals surface area contributed by atoms with Gasteiger partial charge in [-0.15, -0.1) is 0 Å². The van der Waals surface area contributed by atoms with Crippen LogP contribution in [-0.4, -0.2) is 31.9 Å². The Morgan fingerprint density at radius 3 is 2.52 bits per heavy atom. The smallest absolute Gasteiger partial charge is 0.220 e. The molecular formula is C18H25NO3S. The summed E-state index contributed by atoms with van der Waals surface area (Å²) in [6.45, 7) is 4.20. The van der Waals surface area contributed by atoms with Gasteiger partial charge in [0.2, 0.25) is 5.91 Å². The van der Waals surface area contributed by atoms with Gasteiger partial charge < -0.3 is 5.32 Å². The van der Waals surface area contributed by atoms with E-state index >= 15 is 0 Å². The Hall–Kier alpha value is -1.36. The van der Waals surface area contributed by atoms with Crippen molar-refractivity contribution >= 4 is 15.7 Å². The Morgan fingerprint density at radius 2 is 1.96 bits per heavy atom. The average molecular weight is 335 g/mol. The van der Waals surface area contributed by atoms with Crippen LogP contribution in [0.3, 0.4) is 0 Å². The summed E-state index contributed by atoms with van der Waals surface area (Å²) in [4.78, 5) is 12.4. The molecule has 1 aromatic carbocycles. The molecule has 2 unspecified atom stereocenters. The molecule has 4 nitrogen and oxygen atoms in total. The highest BCUT2D eigenvalue weighted by molar-refractivity contribution is 7.91. The number of carbonyl (C=O) groups is 1. The zero-order valence-electron chi connectivity index (χ0n) is 13.8. The largest absolute Gasteiger partial charge is 0.352 e. The van der Waals surface area contributed by atoms with Gasteiger partial charge in [-0.3, -0.25) is 4.79 Å². The van der Waals surface area contributed by atoms with Crippen molar-refractivity contribution in [2.45, 2.75) is 51.5 Å². The maximum Gasteiger partial charge on any atom is 0.220 e. The number of carbonyl (C=O) groups excluding carboxylic acids is 1. The first-order valence-electron chi connectivity index (χ1n) is 8.41. The summed E-state index contributed by atoms with van der Waals surface area (Å²) >= 11 is 0.